The van der Waals surface area contributed by atoms with Crippen molar-refractivity contribution in [2.75, 3.05) is 7.05 Å². The van der Waals surface area contributed by atoms with Crippen molar-refractivity contribution in [3.8, 4) is 0 Å². The molecule has 0 spiro atoms. The van der Waals surface area contributed by atoms with E-state index in [4.69, 9.17) is 4.74 Å². The highest BCUT2D eigenvalue weighted by Crippen LogP contribution is 2.04. The van der Waals surface area contributed by atoms with E-state index in [-0.39, 0.29) is 13.0 Å². The zero-order valence-corrected chi connectivity index (χ0v) is 9.87. The first kappa shape index (κ1) is 13.4. The first-order chi connectivity index (χ1) is 8.22. The predicted molar refractivity (Wildman–Crippen MR) is 65.9 cm³/mol. The van der Waals surface area contributed by atoms with Crippen molar-refractivity contribution in [3.63, 3.8) is 0 Å². The van der Waals surface area contributed by atoms with Crippen LogP contribution in [0.15, 0.2) is 35.3 Å². The summed E-state index contributed by atoms with van der Waals surface area (Å²) in [5, 5.41) is 9.46. The van der Waals surface area contributed by atoms with E-state index in [1.165, 1.54) is 0 Å². The second-order valence-electron chi connectivity index (χ2n) is 3.68. The number of carbonyl (C=O) groups is 1. The first-order valence-electron chi connectivity index (χ1n) is 5.50. The molecule has 0 radical (unpaired) electrons. The summed E-state index contributed by atoms with van der Waals surface area (Å²) in [5.41, 5.74) is 0.936. The van der Waals surface area contributed by atoms with Crippen molar-refractivity contribution < 1.29 is 14.6 Å². The number of aliphatic hydroxyl groups excluding tert-OH is 1. The van der Waals surface area contributed by atoms with Crippen LogP contribution in [0, 0.1) is 0 Å². The molecule has 0 saturated heterocycles. The molecule has 1 rings (SSSR count). The minimum absolute atomic E-state index is 0.00114. The predicted octanol–water partition coefficient (Wildman–Crippen LogP) is 1.57. The molecule has 1 aromatic rings. The maximum atomic E-state index is 11.4. The van der Waals surface area contributed by atoms with E-state index in [1.54, 1.807) is 13.3 Å². The Morgan fingerprint density at radius 3 is 2.82 bits per heavy atom. The van der Waals surface area contributed by atoms with Gasteiger partial charge in [0.15, 0.2) is 0 Å². The highest BCUT2D eigenvalue weighted by molar-refractivity contribution is 5.71. The van der Waals surface area contributed by atoms with Crippen LogP contribution in [0.2, 0.25) is 0 Å². The molecule has 17 heavy (non-hydrogen) atoms. The number of esters is 1. The number of rotatable bonds is 6. The van der Waals surface area contributed by atoms with Crippen molar-refractivity contribution in [2.24, 2.45) is 4.99 Å². The van der Waals surface area contributed by atoms with Crippen molar-refractivity contribution in [1.29, 1.82) is 0 Å². The molecule has 0 unspecified atom stereocenters. The summed E-state index contributed by atoms with van der Waals surface area (Å²) in [7, 11) is 1.63. The molecule has 4 nitrogen and oxygen atoms in total. The number of aliphatic hydroxyl groups is 1. The third-order valence-electron chi connectivity index (χ3n) is 2.20. The third-order valence-corrected chi connectivity index (χ3v) is 2.20. The second-order valence-corrected chi connectivity index (χ2v) is 3.68. The van der Waals surface area contributed by atoms with E-state index in [0.29, 0.717) is 6.42 Å². The van der Waals surface area contributed by atoms with E-state index in [0.717, 1.165) is 5.56 Å². The van der Waals surface area contributed by atoms with Gasteiger partial charge in [-0.25, -0.2) is 0 Å². The number of nitrogens with zero attached hydrogens (tertiary/aromatic N) is 1. The van der Waals surface area contributed by atoms with Gasteiger partial charge in [0.2, 0.25) is 0 Å². The fourth-order valence-electron chi connectivity index (χ4n) is 1.30. The van der Waals surface area contributed by atoms with Gasteiger partial charge < -0.3 is 14.8 Å². The van der Waals surface area contributed by atoms with Crippen LogP contribution in [0.1, 0.15) is 18.4 Å². The summed E-state index contributed by atoms with van der Waals surface area (Å²) >= 11 is 0. The maximum absolute atomic E-state index is 11.4. The molecule has 0 aliphatic heterocycles. The highest BCUT2D eigenvalue weighted by atomic mass is 16.5. The summed E-state index contributed by atoms with van der Waals surface area (Å²) in [6.45, 7) is 0.244. The molecule has 0 fully saturated rings. The lowest BCUT2D eigenvalue weighted by molar-refractivity contribution is -0.147. The van der Waals surface area contributed by atoms with Crippen LogP contribution >= 0.6 is 0 Å². The monoisotopic (exact) mass is 235 g/mol. The molecule has 1 N–H and O–H groups in total. The average Bonchev–Trinajstić information content (AvgIpc) is 2.35. The van der Waals surface area contributed by atoms with Gasteiger partial charge in [-0.15, -0.1) is 0 Å². The number of hydrogen-bond donors (Lipinski definition) is 1. The summed E-state index contributed by atoms with van der Waals surface area (Å²) in [5.74, 6) is -0.397. The molecule has 1 atom stereocenters. The Bertz CT molecular complexity index is 362. The van der Waals surface area contributed by atoms with Crippen LogP contribution in [0.5, 0.6) is 0 Å². The van der Waals surface area contributed by atoms with Crippen LogP contribution in [-0.4, -0.2) is 30.4 Å². The zero-order chi connectivity index (χ0) is 12.5. The standard InChI is InChI=1S/C13H17NO3/c1-14-8-7-12(15)9-13(16)17-10-11-5-3-2-4-6-11/h2-6,8,12,15H,7,9-10H2,1H3/t12-/m0/s1. The SMILES string of the molecule is CN=CC[C@H](O)CC(=O)OCc1ccccc1. The lowest BCUT2D eigenvalue weighted by Crippen LogP contribution is -2.16. The van der Waals surface area contributed by atoms with Crippen molar-refractivity contribution in [3.05, 3.63) is 35.9 Å². The van der Waals surface area contributed by atoms with Crippen LogP contribution in [0.25, 0.3) is 0 Å². The van der Waals surface area contributed by atoms with Crippen molar-refractivity contribution in [2.45, 2.75) is 25.6 Å². The van der Waals surface area contributed by atoms with Gasteiger partial charge in [0.25, 0.3) is 0 Å². The Morgan fingerprint density at radius 1 is 1.47 bits per heavy atom. The van der Waals surface area contributed by atoms with E-state index in [9.17, 15) is 9.90 Å². The van der Waals surface area contributed by atoms with Crippen molar-refractivity contribution in [1.82, 2.24) is 0 Å². The summed E-state index contributed by atoms with van der Waals surface area (Å²) in [6, 6.07) is 9.44. The van der Waals surface area contributed by atoms with Crippen molar-refractivity contribution >= 4 is 12.2 Å². The highest BCUT2D eigenvalue weighted by Gasteiger charge is 2.10. The number of ether oxygens (including phenoxy) is 1. The smallest absolute Gasteiger partial charge is 0.308 e. The van der Waals surface area contributed by atoms with Crippen LogP contribution in [0.3, 0.4) is 0 Å². The maximum Gasteiger partial charge on any atom is 0.308 e. The molecule has 4 heteroatoms. The Labute approximate surface area is 101 Å². The Hall–Kier alpha value is -1.68. The molecule has 0 saturated carbocycles. The molecular formula is C13H17NO3. The number of hydrogen-bond acceptors (Lipinski definition) is 4. The molecule has 0 amide bonds. The number of carbonyl (C=O) groups excluding carboxylic acids is 1. The molecule has 0 heterocycles. The lowest BCUT2D eigenvalue weighted by atomic mass is 10.2. The van der Waals surface area contributed by atoms with E-state index in [1.807, 2.05) is 30.3 Å². The van der Waals surface area contributed by atoms with Crippen LogP contribution in [-0.2, 0) is 16.1 Å². The lowest BCUT2D eigenvalue weighted by Gasteiger charge is -2.08. The zero-order valence-electron chi connectivity index (χ0n) is 9.87. The Morgan fingerprint density at radius 2 is 2.18 bits per heavy atom. The Kier molecular flexibility index (Phi) is 5.96. The molecular weight excluding hydrogens is 218 g/mol. The normalized spacial score (nSPS) is 12.6. The van der Waals surface area contributed by atoms with Crippen LogP contribution < -0.4 is 0 Å². The largest absolute Gasteiger partial charge is 0.461 e. The minimum atomic E-state index is -0.720. The topological polar surface area (TPSA) is 58.9 Å². The number of benzene rings is 1. The van der Waals surface area contributed by atoms with E-state index < -0.39 is 12.1 Å². The van der Waals surface area contributed by atoms with Gasteiger partial charge in [0.05, 0.1) is 12.5 Å². The summed E-state index contributed by atoms with van der Waals surface area (Å²) < 4.78 is 5.04. The number of aliphatic imine (C=N–C) groups is 1. The van der Waals surface area contributed by atoms with Gasteiger partial charge in [0, 0.05) is 19.7 Å². The fourth-order valence-corrected chi connectivity index (χ4v) is 1.30. The molecule has 0 aliphatic carbocycles. The quantitative estimate of drug-likeness (QED) is 0.601. The Balaban J connectivity index is 2.26. The van der Waals surface area contributed by atoms with Gasteiger partial charge in [-0.3, -0.25) is 4.79 Å². The van der Waals surface area contributed by atoms with Gasteiger partial charge in [-0.1, -0.05) is 30.3 Å². The minimum Gasteiger partial charge on any atom is -0.461 e. The van der Waals surface area contributed by atoms with Gasteiger partial charge in [-0.05, 0) is 5.56 Å². The van der Waals surface area contributed by atoms with Gasteiger partial charge >= 0.3 is 5.97 Å². The second kappa shape index (κ2) is 7.57. The molecule has 92 valence electrons. The average molecular weight is 235 g/mol. The molecule has 0 aromatic heterocycles. The van der Waals surface area contributed by atoms with E-state index in [2.05, 4.69) is 4.99 Å². The fraction of sp³-hybridized carbons (Fsp3) is 0.385. The summed E-state index contributed by atoms with van der Waals surface area (Å²) in [6.07, 6.45) is 1.23. The van der Waals surface area contributed by atoms with Gasteiger partial charge in [-0.2, -0.15) is 0 Å². The first-order valence-corrected chi connectivity index (χ1v) is 5.50. The molecule has 1 aromatic carbocycles. The van der Waals surface area contributed by atoms with Crippen LogP contribution in [0.4, 0.5) is 0 Å². The van der Waals surface area contributed by atoms with E-state index >= 15 is 0 Å². The van der Waals surface area contributed by atoms with Gasteiger partial charge in [0.1, 0.15) is 6.61 Å². The molecule has 0 aliphatic rings. The summed E-state index contributed by atoms with van der Waals surface area (Å²) in [4.78, 5) is 15.1. The molecule has 0 bridgehead atoms. The third kappa shape index (κ3) is 5.82.